The van der Waals surface area contributed by atoms with Crippen LogP contribution in [0.3, 0.4) is 0 Å². The molecule has 4 heteroatoms. The van der Waals surface area contributed by atoms with Crippen LogP contribution < -0.4 is 5.73 Å². The van der Waals surface area contributed by atoms with Crippen molar-refractivity contribution < 1.29 is 0 Å². The van der Waals surface area contributed by atoms with Crippen LogP contribution in [-0.4, -0.2) is 21.7 Å². The predicted octanol–water partition coefficient (Wildman–Crippen LogP) is 0.968. The highest BCUT2D eigenvalue weighted by molar-refractivity contribution is 4.83. The second-order valence-corrected chi connectivity index (χ2v) is 3.87. The zero-order valence-electron chi connectivity index (χ0n) is 8.33. The lowest BCUT2D eigenvalue weighted by atomic mass is 9.94. The number of aromatic amines is 1. The van der Waals surface area contributed by atoms with Crippen molar-refractivity contribution in [2.45, 2.75) is 26.7 Å². The Kier molecular flexibility index (Phi) is 3.89. The summed E-state index contributed by atoms with van der Waals surface area (Å²) in [6.45, 7) is 5.14. The minimum atomic E-state index is 0.521. The summed E-state index contributed by atoms with van der Waals surface area (Å²) >= 11 is 0. The van der Waals surface area contributed by atoms with Gasteiger partial charge in [0.05, 0.1) is 0 Å². The molecule has 0 unspecified atom stereocenters. The first-order chi connectivity index (χ1) is 6.22. The van der Waals surface area contributed by atoms with Crippen molar-refractivity contribution in [3.8, 4) is 0 Å². The molecule has 74 valence electrons. The first kappa shape index (κ1) is 10.2. The molecule has 3 N–H and O–H groups in total. The summed E-state index contributed by atoms with van der Waals surface area (Å²) < 4.78 is 0. The van der Waals surface area contributed by atoms with E-state index >= 15 is 0 Å². The molecule has 0 bridgehead atoms. The van der Waals surface area contributed by atoms with E-state index in [1.54, 1.807) is 0 Å². The smallest absolute Gasteiger partial charge is 0.137 e. The van der Waals surface area contributed by atoms with Crippen LogP contribution in [0.2, 0.25) is 0 Å². The Morgan fingerprint density at radius 2 is 2.31 bits per heavy atom. The van der Waals surface area contributed by atoms with Crippen molar-refractivity contribution in [1.29, 1.82) is 0 Å². The molecule has 0 aromatic carbocycles. The van der Waals surface area contributed by atoms with Crippen LogP contribution in [-0.2, 0) is 6.42 Å². The highest BCUT2D eigenvalue weighted by Crippen LogP contribution is 2.13. The van der Waals surface area contributed by atoms with Crippen molar-refractivity contribution in [3.05, 3.63) is 12.2 Å². The molecule has 0 aliphatic rings. The largest absolute Gasteiger partial charge is 0.330 e. The molecule has 0 aliphatic carbocycles. The predicted molar refractivity (Wildman–Crippen MR) is 52.1 cm³/mol. The fourth-order valence-electron chi connectivity index (χ4n) is 1.53. The maximum Gasteiger partial charge on any atom is 0.137 e. The van der Waals surface area contributed by atoms with E-state index in [-0.39, 0.29) is 0 Å². The number of hydrogen-bond donors (Lipinski definition) is 2. The second kappa shape index (κ2) is 4.97. The fraction of sp³-hybridized carbons (Fsp3) is 0.778. The molecule has 0 saturated carbocycles. The fourth-order valence-corrected chi connectivity index (χ4v) is 1.53. The summed E-state index contributed by atoms with van der Waals surface area (Å²) in [6.07, 6.45) is 3.60. The Morgan fingerprint density at radius 3 is 2.77 bits per heavy atom. The highest BCUT2D eigenvalue weighted by Gasteiger charge is 2.11. The van der Waals surface area contributed by atoms with E-state index in [2.05, 4.69) is 29.0 Å². The third-order valence-corrected chi connectivity index (χ3v) is 2.09. The molecule has 13 heavy (non-hydrogen) atoms. The third-order valence-electron chi connectivity index (χ3n) is 2.09. The van der Waals surface area contributed by atoms with E-state index in [9.17, 15) is 0 Å². The third kappa shape index (κ3) is 3.55. The number of aromatic nitrogens is 3. The van der Waals surface area contributed by atoms with Crippen molar-refractivity contribution in [1.82, 2.24) is 15.2 Å². The average molecular weight is 182 g/mol. The number of nitrogens with two attached hydrogens (primary N) is 1. The van der Waals surface area contributed by atoms with Gasteiger partial charge < -0.3 is 5.73 Å². The minimum absolute atomic E-state index is 0.521. The van der Waals surface area contributed by atoms with Crippen molar-refractivity contribution >= 4 is 0 Å². The number of H-pyrrole nitrogens is 1. The molecule has 1 aromatic rings. The van der Waals surface area contributed by atoms with Gasteiger partial charge in [0, 0.05) is 6.42 Å². The lowest BCUT2D eigenvalue weighted by Gasteiger charge is -2.14. The van der Waals surface area contributed by atoms with Gasteiger partial charge in [-0.15, -0.1) is 0 Å². The Hall–Kier alpha value is -0.900. The van der Waals surface area contributed by atoms with Gasteiger partial charge in [0.2, 0.25) is 0 Å². The van der Waals surface area contributed by atoms with Gasteiger partial charge in [-0.25, -0.2) is 4.98 Å². The van der Waals surface area contributed by atoms with Crippen molar-refractivity contribution in [2.75, 3.05) is 6.54 Å². The maximum absolute atomic E-state index is 5.68. The molecule has 1 aromatic heterocycles. The Morgan fingerprint density at radius 1 is 1.54 bits per heavy atom. The molecule has 1 atom stereocenters. The molecule has 0 amide bonds. The van der Waals surface area contributed by atoms with Crippen LogP contribution >= 0.6 is 0 Å². The van der Waals surface area contributed by atoms with Gasteiger partial charge in [0.25, 0.3) is 0 Å². The highest BCUT2D eigenvalue weighted by atomic mass is 15.2. The molecule has 0 fully saturated rings. The van der Waals surface area contributed by atoms with Gasteiger partial charge in [0.15, 0.2) is 0 Å². The first-order valence-corrected chi connectivity index (χ1v) is 4.76. The summed E-state index contributed by atoms with van der Waals surface area (Å²) in [4.78, 5) is 4.09. The Labute approximate surface area is 78.9 Å². The van der Waals surface area contributed by atoms with Crippen LogP contribution in [0.4, 0.5) is 0 Å². The van der Waals surface area contributed by atoms with Gasteiger partial charge in [-0.1, -0.05) is 13.8 Å². The van der Waals surface area contributed by atoms with E-state index in [4.69, 9.17) is 5.73 Å². The number of nitrogens with one attached hydrogen (secondary N) is 1. The lowest BCUT2D eigenvalue weighted by molar-refractivity contribution is 0.409. The van der Waals surface area contributed by atoms with Gasteiger partial charge in [0.1, 0.15) is 12.2 Å². The van der Waals surface area contributed by atoms with E-state index < -0.39 is 0 Å². The summed E-state index contributed by atoms with van der Waals surface area (Å²) in [5, 5.41) is 6.67. The molecular formula is C9H18N4. The molecule has 0 radical (unpaired) electrons. The lowest BCUT2D eigenvalue weighted by Crippen LogP contribution is -2.19. The summed E-state index contributed by atoms with van der Waals surface area (Å²) in [5.74, 6) is 2.15. The van der Waals surface area contributed by atoms with Gasteiger partial charge in [-0.3, -0.25) is 5.10 Å². The van der Waals surface area contributed by atoms with Crippen LogP contribution in [0.25, 0.3) is 0 Å². The quantitative estimate of drug-likeness (QED) is 0.713. The molecule has 1 rings (SSSR count). The summed E-state index contributed by atoms with van der Waals surface area (Å²) in [5.41, 5.74) is 5.68. The molecule has 0 aliphatic heterocycles. The van der Waals surface area contributed by atoms with Gasteiger partial charge in [-0.05, 0) is 24.8 Å². The van der Waals surface area contributed by atoms with Crippen LogP contribution in [0.1, 0.15) is 26.1 Å². The molecular weight excluding hydrogens is 164 g/mol. The SMILES string of the molecule is CC(C)C[C@H](CN)Cc1ncn[nH]1. The number of rotatable bonds is 5. The number of hydrogen-bond acceptors (Lipinski definition) is 3. The minimum Gasteiger partial charge on any atom is -0.330 e. The zero-order chi connectivity index (χ0) is 9.68. The van der Waals surface area contributed by atoms with E-state index in [1.807, 2.05) is 0 Å². The monoisotopic (exact) mass is 182 g/mol. The van der Waals surface area contributed by atoms with Crippen LogP contribution in [0.15, 0.2) is 6.33 Å². The normalized spacial score (nSPS) is 13.5. The van der Waals surface area contributed by atoms with E-state index in [0.717, 1.165) is 25.2 Å². The topological polar surface area (TPSA) is 67.6 Å². The molecule has 0 spiro atoms. The van der Waals surface area contributed by atoms with Crippen LogP contribution in [0.5, 0.6) is 0 Å². The maximum atomic E-state index is 5.68. The van der Waals surface area contributed by atoms with E-state index in [0.29, 0.717) is 11.8 Å². The number of nitrogens with zero attached hydrogens (tertiary/aromatic N) is 2. The molecule has 0 saturated heterocycles. The van der Waals surface area contributed by atoms with Gasteiger partial charge in [-0.2, -0.15) is 5.10 Å². The van der Waals surface area contributed by atoms with Gasteiger partial charge >= 0.3 is 0 Å². The summed E-state index contributed by atoms with van der Waals surface area (Å²) in [6, 6.07) is 0. The van der Waals surface area contributed by atoms with E-state index in [1.165, 1.54) is 6.33 Å². The Balaban J connectivity index is 2.40. The summed E-state index contributed by atoms with van der Waals surface area (Å²) in [7, 11) is 0. The molecule has 4 nitrogen and oxygen atoms in total. The molecule has 1 heterocycles. The van der Waals surface area contributed by atoms with Crippen molar-refractivity contribution in [2.24, 2.45) is 17.6 Å². The van der Waals surface area contributed by atoms with Crippen LogP contribution in [0, 0.1) is 11.8 Å². The first-order valence-electron chi connectivity index (χ1n) is 4.76. The average Bonchev–Trinajstić information content (AvgIpc) is 2.55. The second-order valence-electron chi connectivity index (χ2n) is 3.87. The standard InChI is InChI=1S/C9H18N4/c1-7(2)3-8(5-10)4-9-11-6-12-13-9/h6-8H,3-5,10H2,1-2H3,(H,11,12,13)/t8-/m0/s1. The Bertz CT molecular complexity index is 218. The zero-order valence-corrected chi connectivity index (χ0v) is 8.33. The van der Waals surface area contributed by atoms with Crippen molar-refractivity contribution in [3.63, 3.8) is 0 Å².